The summed E-state index contributed by atoms with van der Waals surface area (Å²) < 4.78 is 0. The molecule has 0 spiro atoms. The largest absolute Gasteiger partial charge is 0.326 e. The molecule has 1 fully saturated rings. The summed E-state index contributed by atoms with van der Waals surface area (Å²) >= 11 is 18.0. The van der Waals surface area contributed by atoms with E-state index in [1.165, 1.54) is 4.90 Å². The van der Waals surface area contributed by atoms with Crippen LogP contribution >= 0.6 is 34.8 Å². The van der Waals surface area contributed by atoms with Crippen molar-refractivity contribution in [1.29, 1.82) is 0 Å². The summed E-state index contributed by atoms with van der Waals surface area (Å²) in [7, 11) is 0. The number of hydrogen-bond acceptors (Lipinski definition) is 2. The van der Waals surface area contributed by atoms with E-state index in [0.717, 1.165) is 0 Å². The van der Waals surface area contributed by atoms with Crippen LogP contribution < -0.4 is 10.2 Å². The second-order valence-corrected chi connectivity index (χ2v) is 6.78. The fraction of sp³-hybridized carbons (Fsp3) is 0.176. The van der Waals surface area contributed by atoms with Crippen LogP contribution in [0.3, 0.4) is 0 Å². The van der Waals surface area contributed by atoms with Crippen LogP contribution in [0.1, 0.15) is 6.42 Å². The zero-order chi connectivity index (χ0) is 17.3. The van der Waals surface area contributed by atoms with E-state index in [-0.39, 0.29) is 24.8 Å². The maximum Gasteiger partial charge on any atom is 0.229 e. The molecule has 0 bridgehead atoms. The Morgan fingerprint density at radius 1 is 1.08 bits per heavy atom. The molecule has 0 saturated carbocycles. The lowest BCUT2D eigenvalue weighted by atomic mass is 10.1. The molecule has 1 aliphatic rings. The summed E-state index contributed by atoms with van der Waals surface area (Å²) in [6.07, 6.45) is 0.120. The van der Waals surface area contributed by atoms with Crippen LogP contribution in [-0.4, -0.2) is 18.4 Å². The SMILES string of the molecule is O=C(Nc1cccc(Cl)c1)[C@H]1CC(=O)N(c2cc(Cl)ccc2Cl)C1. The summed E-state index contributed by atoms with van der Waals surface area (Å²) in [5, 5.41) is 4.21. The first-order valence-corrected chi connectivity index (χ1v) is 8.39. The Kier molecular flexibility index (Phi) is 4.99. The highest BCUT2D eigenvalue weighted by molar-refractivity contribution is 6.36. The average Bonchev–Trinajstić information content (AvgIpc) is 2.92. The number of carbonyl (C=O) groups is 2. The number of nitrogens with zero attached hydrogens (tertiary/aromatic N) is 1. The fourth-order valence-corrected chi connectivity index (χ4v) is 3.20. The lowest BCUT2D eigenvalue weighted by Crippen LogP contribution is -2.28. The van der Waals surface area contributed by atoms with Gasteiger partial charge in [0.15, 0.2) is 0 Å². The van der Waals surface area contributed by atoms with Gasteiger partial charge in [-0.3, -0.25) is 9.59 Å². The Labute approximate surface area is 154 Å². The Morgan fingerprint density at radius 2 is 1.83 bits per heavy atom. The van der Waals surface area contributed by atoms with Crippen LogP contribution in [-0.2, 0) is 9.59 Å². The lowest BCUT2D eigenvalue weighted by molar-refractivity contribution is -0.122. The van der Waals surface area contributed by atoms with Crippen LogP contribution in [0.25, 0.3) is 0 Å². The summed E-state index contributed by atoms with van der Waals surface area (Å²) in [5.41, 5.74) is 1.12. The van der Waals surface area contributed by atoms with Crippen molar-refractivity contribution >= 4 is 58.0 Å². The minimum absolute atomic E-state index is 0.120. The highest BCUT2D eigenvalue weighted by atomic mass is 35.5. The van der Waals surface area contributed by atoms with Gasteiger partial charge >= 0.3 is 0 Å². The second-order valence-electron chi connectivity index (χ2n) is 5.50. The third-order valence-electron chi connectivity index (χ3n) is 3.79. The first-order valence-electron chi connectivity index (χ1n) is 7.26. The predicted molar refractivity (Wildman–Crippen MR) is 97.0 cm³/mol. The fourth-order valence-electron chi connectivity index (χ4n) is 2.62. The van der Waals surface area contributed by atoms with Gasteiger partial charge in [-0.25, -0.2) is 0 Å². The molecule has 2 aromatic carbocycles. The predicted octanol–water partition coefficient (Wildman–Crippen LogP) is 4.64. The smallest absolute Gasteiger partial charge is 0.229 e. The van der Waals surface area contributed by atoms with Crippen molar-refractivity contribution in [1.82, 2.24) is 0 Å². The number of rotatable bonds is 3. The number of nitrogens with one attached hydrogen (secondary N) is 1. The summed E-state index contributed by atoms with van der Waals surface area (Å²) in [6.45, 7) is 0.255. The Hall–Kier alpha value is -1.75. The molecule has 124 valence electrons. The number of benzene rings is 2. The molecule has 24 heavy (non-hydrogen) atoms. The molecular formula is C17H13Cl3N2O2. The average molecular weight is 384 g/mol. The van der Waals surface area contributed by atoms with Gasteiger partial charge in [-0.05, 0) is 36.4 Å². The summed E-state index contributed by atoms with van der Waals surface area (Å²) in [5.74, 6) is -0.858. The van der Waals surface area contributed by atoms with Crippen molar-refractivity contribution in [3.05, 3.63) is 57.5 Å². The minimum atomic E-state index is -0.466. The molecule has 2 amide bonds. The molecule has 0 aliphatic carbocycles. The quantitative estimate of drug-likeness (QED) is 0.839. The van der Waals surface area contributed by atoms with E-state index in [2.05, 4.69) is 5.32 Å². The van der Waals surface area contributed by atoms with Crippen molar-refractivity contribution in [2.45, 2.75) is 6.42 Å². The molecule has 1 heterocycles. The van der Waals surface area contributed by atoms with Gasteiger partial charge in [0.1, 0.15) is 0 Å². The van der Waals surface area contributed by atoms with Gasteiger partial charge in [0, 0.05) is 28.7 Å². The van der Waals surface area contributed by atoms with Gasteiger partial charge in [0.25, 0.3) is 0 Å². The Balaban J connectivity index is 1.74. The van der Waals surface area contributed by atoms with Gasteiger partial charge < -0.3 is 10.2 Å². The standard InChI is InChI=1S/C17H13Cl3N2O2/c18-11-2-1-3-13(7-11)21-17(24)10-6-16(23)22(9-10)15-8-12(19)4-5-14(15)20/h1-5,7-8,10H,6,9H2,(H,21,24)/t10-/m0/s1. The normalized spacial score (nSPS) is 17.2. The van der Waals surface area contributed by atoms with Gasteiger partial charge in [0.2, 0.25) is 11.8 Å². The maximum absolute atomic E-state index is 12.4. The molecule has 3 rings (SSSR count). The topological polar surface area (TPSA) is 49.4 Å². The molecule has 4 nitrogen and oxygen atoms in total. The van der Waals surface area contributed by atoms with Crippen LogP contribution in [0.5, 0.6) is 0 Å². The molecular weight excluding hydrogens is 371 g/mol. The van der Waals surface area contributed by atoms with Gasteiger partial charge in [0.05, 0.1) is 16.6 Å². The molecule has 0 unspecified atom stereocenters. The van der Waals surface area contributed by atoms with E-state index in [4.69, 9.17) is 34.8 Å². The number of halogens is 3. The van der Waals surface area contributed by atoms with Crippen LogP contribution in [0.2, 0.25) is 15.1 Å². The van der Waals surface area contributed by atoms with Crippen LogP contribution in [0.15, 0.2) is 42.5 Å². The summed E-state index contributed by atoms with van der Waals surface area (Å²) in [6, 6.07) is 11.8. The highest BCUT2D eigenvalue weighted by Gasteiger charge is 2.36. The molecule has 1 N–H and O–H groups in total. The van der Waals surface area contributed by atoms with Crippen molar-refractivity contribution in [2.75, 3.05) is 16.8 Å². The molecule has 1 atom stereocenters. The first-order chi connectivity index (χ1) is 11.4. The molecule has 1 saturated heterocycles. The van der Waals surface area contributed by atoms with E-state index >= 15 is 0 Å². The minimum Gasteiger partial charge on any atom is -0.326 e. The van der Waals surface area contributed by atoms with Gasteiger partial charge in [-0.15, -0.1) is 0 Å². The van der Waals surface area contributed by atoms with Gasteiger partial charge in [-0.2, -0.15) is 0 Å². The van der Waals surface area contributed by atoms with Crippen LogP contribution in [0, 0.1) is 5.92 Å². The Morgan fingerprint density at radius 3 is 2.58 bits per heavy atom. The van der Waals surface area contributed by atoms with Crippen molar-refractivity contribution in [3.8, 4) is 0 Å². The van der Waals surface area contributed by atoms with E-state index in [0.29, 0.717) is 26.4 Å². The molecule has 2 aromatic rings. The van der Waals surface area contributed by atoms with Gasteiger partial charge in [-0.1, -0.05) is 40.9 Å². The zero-order valence-electron chi connectivity index (χ0n) is 12.4. The number of carbonyl (C=O) groups excluding carboxylic acids is 2. The lowest BCUT2D eigenvalue weighted by Gasteiger charge is -2.18. The highest BCUT2D eigenvalue weighted by Crippen LogP contribution is 2.33. The summed E-state index contributed by atoms with van der Waals surface area (Å²) in [4.78, 5) is 26.2. The monoisotopic (exact) mass is 382 g/mol. The molecule has 1 aliphatic heterocycles. The zero-order valence-corrected chi connectivity index (χ0v) is 14.7. The molecule has 7 heteroatoms. The second kappa shape index (κ2) is 7.01. The maximum atomic E-state index is 12.4. The number of anilines is 2. The van der Waals surface area contributed by atoms with E-state index in [1.807, 2.05) is 0 Å². The van der Waals surface area contributed by atoms with E-state index in [1.54, 1.807) is 42.5 Å². The Bertz CT molecular complexity index is 810. The van der Waals surface area contributed by atoms with Crippen LogP contribution in [0.4, 0.5) is 11.4 Å². The molecule has 0 aromatic heterocycles. The number of hydrogen-bond donors (Lipinski definition) is 1. The van der Waals surface area contributed by atoms with Crippen molar-refractivity contribution in [2.24, 2.45) is 5.92 Å². The van der Waals surface area contributed by atoms with E-state index in [9.17, 15) is 9.59 Å². The molecule has 0 radical (unpaired) electrons. The van der Waals surface area contributed by atoms with Crippen molar-refractivity contribution in [3.63, 3.8) is 0 Å². The van der Waals surface area contributed by atoms with E-state index < -0.39 is 5.92 Å². The first kappa shape index (κ1) is 17.1. The number of amides is 2. The van der Waals surface area contributed by atoms with Crippen molar-refractivity contribution < 1.29 is 9.59 Å². The third-order valence-corrected chi connectivity index (χ3v) is 4.58. The third kappa shape index (κ3) is 3.66.